The van der Waals surface area contributed by atoms with Gasteiger partial charge in [-0.25, -0.2) is 0 Å². The lowest BCUT2D eigenvalue weighted by Gasteiger charge is -2.27. The lowest BCUT2D eigenvalue weighted by Crippen LogP contribution is -2.31. The molecule has 168 valence electrons. The van der Waals surface area contributed by atoms with Crippen molar-refractivity contribution in [2.24, 2.45) is 0 Å². The predicted molar refractivity (Wildman–Crippen MR) is 129 cm³/mol. The summed E-state index contributed by atoms with van der Waals surface area (Å²) < 4.78 is 7.39. The Morgan fingerprint density at radius 3 is 2.66 bits per heavy atom. The van der Waals surface area contributed by atoms with Gasteiger partial charge in [-0.05, 0) is 49.6 Å². The van der Waals surface area contributed by atoms with Crippen LogP contribution in [0.2, 0.25) is 5.02 Å². The molecular weight excluding hydrogens is 446 g/mol. The highest BCUT2D eigenvalue weighted by molar-refractivity contribution is 7.99. The van der Waals surface area contributed by atoms with E-state index in [1.165, 1.54) is 18.2 Å². The quantitative estimate of drug-likeness (QED) is 0.464. The summed E-state index contributed by atoms with van der Waals surface area (Å²) in [6, 6.07) is 15.3. The molecule has 0 unspecified atom stereocenters. The van der Waals surface area contributed by atoms with E-state index in [2.05, 4.69) is 37.1 Å². The molecule has 1 fully saturated rings. The Hall–Kier alpha value is -2.71. The van der Waals surface area contributed by atoms with Gasteiger partial charge >= 0.3 is 0 Å². The number of nitrogens with one attached hydrogen (secondary N) is 1. The molecule has 0 radical (unpaired) electrons. The van der Waals surface area contributed by atoms with E-state index in [9.17, 15) is 4.79 Å². The van der Waals surface area contributed by atoms with Gasteiger partial charge in [0.2, 0.25) is 11.9 Å². The summed E-state index contributed by atoms with van der Waals surface area (Å²) in [6.45, 7) is 1.97. The number of halogens is 1. The lowest BCUT2D eigenvalue weighted by molar-refractivity contribution is -0.115. The monoisotopic (exact) mass is 471 g/mol. The van der Waals surface area contributed by atoms with Crippen LogP contribution in [0.1, 0.15) is 25.7 Å². The van der Waals surface area contributed by atoms with Crippen molar-refractivity contribution in [3.63, 3.8) is 0 Å². The van der Waals surface area contributed by atoms with Crippen LogP contribution in [0.15, 0.2) is 53.7 Å². The number of hydrogen-bond donors (Lipinski definition) is 1. The topological polar surface area (TPSA) is 72.3 Å². The molecule has 2 aromatic carbocycles. The van der Waals surface area contributed by atoms with E-state index in [1.54, 1.807) is 25.3 Å². The third-order valence-electron chi connectivity index (χ3n) is 5.27. The Morgan fingerprint density at radius 2 is 1.91 bits per heavy atom. The Bertz CT molecular complexity index is 1050. The summed E-state index contributed by atoms with van der Waals surface area (Å²) >= 11 is 7.57. The maximum absolute atomic E-state index is 12.5. The average Bonchev–Trinajstić information content (AvgIpc) is 3.24. The van der Waals surface area contributed by atoms with Crippen LogP contribution in [0.3, 0.4) is 0 Å². The molecule has 0 spiro atoms. The largest absolute Gasteiger partial charge is 0.495 e. The lowest BCUT2D eigenvalue weighted by atomic mass is 10.1. The summed E-state index contributed by atoms with van der Waals surface area (Å²) in [7, 11) is 1.56. The third kappa shape index (κ3) is 5.37. The predicted octanol–water partition coefficient (Wildman–Crippen LogP) is 5.04. The number of methoxy groups -OCH3 is 1. The fourth-order valence-corrected chi connectivity index (χ4v) is 4.74. The second-order valence-electron chi connectivity index (χ2n) is 7.49. The highest BCUT2D eigenvalue weighted by atomic mass is 35.5. The molecular formula is C23H26ClN5O2S. The zero-order valence-corrected chi connectivity index (χ0v) is 19.5. The number of piperidine rings is 1. The van der Waals surface area contributed by atoms with E-state index in [0.717, 1.165) is 42.7 Å². The Balaban J connectivity index is 1.45. The number of carbonyl (C=O) groups is 1. The van der Waals surface area contributed by atoms with Crippen LogP contribution in [-0.4, -0.2) is 46.6 Å². The van der Waals surface area contributed by atoms with Crippen molar-refractivity contribution in [1.82, 2.24) is 14.8 Å². The van der Waals surface area contributed by atoms with E-state index in [1.807, 2.05) is 18.2 Å². The number of carbonyl (C=O) groups excluding carboxylic acids is 1. The number of amides is 1. The summed E-state index contributed by atoms with van der Waals surface area (Å²) in [5.74, 6) is 1.90. The molecule has 0 atom stereocenters. The van der Waals surface area contributed by atoms with Gasteiger partial charge in [-0.3, -0.25) is 9.36 Å². The molecule has 1 amide bonds. The van der Waals surface area contributed by atoms with Crippen molar-refractivity contribution in [2.75, 3.05) is 36.2 Å². The molecule has 0 bridgehead atoms. The molecule has 0 aliphatic carbocycles. The molecule has 1 aromatic heterocycles. The number of aromatic nitrogens is 3. The number of rotatable bonds is 8. The van der Waals surface area contributed by atoms with Gasteiger partial charge in [0.25, 0.3) is 0 Å². The fourth-order valence-electron chi connectivity index (χ4n) is 3.68. The van der Waals surface area contributed by atoms with Crippen LogP contribution in [-0.2, 0) is 4.79 Å². The van der Waals surface area contributed by atoms with Crippen LogP contribution >= 0.6 is 23.4 Å². The van der Waals surface area contributed by atoms with E-state index >= 15 is 0 Å². The first kappa shape index (κ1) is 22.5. The molecule has 4 rings (SSSR count). The van der Waals surface area contributed by atoms with Crippen LogP contribution in [0, 0.1) is 0 Å². The molecule has 1 saturated heterocycles. The minimum atomic E-state index is -0.111. The van der Waals surface area contributed by atoms with Gasteiger partial charge in [-0.1, -0.05) is 41.6 Å². The number of hydrogen-bond acceptors (Lipinski definition) is 6. The fraction of sp³-hybridized carbons (Fsp3) is 0.348. The van der Waals surface area contributed by atoms with Gasteiger partial charge in [0, 0.05) is 30.3 Å². The van der Waals surface area contributed by atoms with Gasteiger partial charge in [0.1, 0.15) is 5.75 Å². The van der Waals surface area contributed by atoms with Crippen molar-refractivity contribution in [2.45, 2.75) is 30.8 Å². The molecule has 7 nitrogen and oxygen atoms in total. The van der Waals surface area contributed by atoms with Crippen molar-refractivity contribution < 1.29 is 9.53 Å². The van der Waals surface area contributed by atoms with Crippen LogP contribution in [0.4, 0.5) is 11.6 Å². The van der Waals surface area contributed by atoms with Gasteiger partial charge in [0.05, 0.1) is 18.5 Å². The van der Waals surface area contributed by atoms with E-state index in [4.69, 9.17) is 16.3 Å². The zero-order chi connectivity index (χ0) is 22.3. The molecule has 0 saturated carbocycles. The minimum absolute atomic E-state index is 0.111. The minimum Gasteiger partial charge on any atom is -0.495 e. The molecule has 2 heterocycles. The van der Waals surface area contributed by atoms with E-state index in [0.29, 0.717) is 28.6 Å². The van der Waals surface area contributed by atoms with Crippen LogP contribution in [0.25, 0.3) is 5.69 Å². The summed E-state index contributed by atoms with van der Waals surface area (Å²) in [6.07, 6.45) is 3.90. The van der Waals surface area contributed by atoms with Crippen LogP contribution in [0.5, 0.6) is 5.75 Å². The van der Waals surface area contributed by atoms with Crippen molar-refractivity contribution in [3.05, 3.63) is 53.6 Å². The normalized spacial score (nSPS) is 13.8. The highest BCUT2D eigenvalue weighted by Crippen LogP contribution is 2.30. The number of benzene rings is 2. The Kier molecular flexibility index (Phi) is 7.55. The summed E-state index contributed by atoms with van der Waals surface area (Å²) in [5.41, 5.74) is 1.59. The highest BCUT2D eigenvalue weighted by Gasteiger charge is 2.21. The van der Waals surface area contributed by atoms with E-state index < -0.39 is 0 Å². The second kappa shape index (κ2) is 10.7. The Morgan fingerprint density at radius 1 is 1.12 bits per heavy atom. The summed E-state index contributed by atoms with van der Waals surface area (Å²) in [4.78, 5) is 14.8. The van der Waals surface area contributed by atoms with Crippen molar-refractivity contribution >= 4 is 40.9 Å². The van der Waals surface area contributed by atoms with Crippen molar-refractivity contribution in [1.29, 1.82) is 0 Å². The number of para-hydroxylation sites is 1. The van der Waals surface area contributed by atoms with Crippen LogP contribution < -0.4 is 15.0 Å². The molecule has 1 N–H and O–H groups in total. The first-order valence-electron chi connectivity index (χ1n) is 10.7. The second-order valence-corrected chi connectivity index (χ2v) is 8.99. The van der Waals surface area contributed by atoms with Gasteiger partial charge < -0.3 is 15.0 Å². The average molecular weight is 472 g/mol. The van der Waals surface area contributed by atoms with Crippen molar-refractivity contribution in [3.8, 4) is 11.4 Å². The maximum atomic E-state index is 12.5. The van der Waals surface area contributed by atoms with E-state index in [-0.39, 0.29) is 5.91 Å². The van der Waals surface area contributed by atoms with Gasteiger partial charge in [-0.15, -0.1) is 10.2 Å². The SMILES string of the molecule is COc1ccc(Cl)cc1NC(=O)CCSc1nnc(N2CCCCC2)n1-c1ccccc1. The number of thioether (sulfide) groups is 1. The van der Waals surface area contributed by atoms with Gasteiger partial charge in [0.15, 0.2) is 5.16 Å². The first-order valence-corrected chi connectivity index (χ1v) is 12.0. The van der Waals surface area contributed by atoms with Gasteiger partial charge in [-0.2, -0.15) is 0 Å². The number of anilines is 2. The molecule has 3 aromatic rings. The number of nitrogens with zero attached hydrogens (tertiary/aromatic N) is 4. The zero-order valence-electron chi connectivity index (χ0n) is 18.0. The molecule has 9 heteroatoms. The standard InChI is InChI=1S/C23H26ClN5O2S/c1-31-20-11-10-17(24)16-19(20)25-21(30)12-15-32-23-27-26-22(28-13-6-3-7-14-28)29(23)18-8-4-2-5-9-18/h2,4-5,8-11,16H,3,6-7,12-15H2,1H3,(H,25,30). The smallest absolute Gasteiger partial charge is 0.232 e. The third-order valence-corrected chi connectivity index (χ3v) is 6.43. The molecule has 1 aliphatic rings. The maximum Gasteiger partial charge on any atom is 0.232 e. The summed E-state index contributed by atoms with van der Waals surface area (Å²) in [5, 5.41) is 13.2. The molecule has 32 heavy (non-hydrogen) atoms. The first-order chi connectivity index (χ1) is 15.7. The molecule has 1 aliphatic heterocycles. The number of ether oxygens (including phenoxy) is 1. The Labute approximate surface area is 197 Å².